The van der Waals surface area contributed by atoms with Crippen LogP contribution in [-0.2, 0) is 13.2 Å². The smallest absolute Gasteiger partial charge is 0.416 e. The zero-order valence-electron chi connectivity index (χ0n) is 24.1. The van der Waals surface area contributed by atoms with E-state index in [0.29, 0.717) is 30.2 Å². The molecular weight excluding hydrogens is 545 g/mol. The van der Waals surface area contributed by atoms with E-state index in [0.717, 1.165) is 52.4 Å². The Morgan fingerprint density at radius 1 is 1.05 bits per heavy atom. The molecule has 0 aliphatic heterocycles. The first-order valence-corrected chi connectivity index (χ1v) is 14.7. The summed E-state index contributed by atoms with van der Waals surface area (Å²) in [5.74, 6) is 2.45. The predicted octanol–water partition coefficient (Wildman–Crippen LogP) is 7.84. The minimum absolute atomic E-state index is 0.275. The average molecular weight is 583 g/mol. The molecule has 1 aliphatic carbocycles. The number of benzene rings is 3. The van der Waals surface area contributed by atoms with Crippen molar-refractivity contribution in [1.82, 2.24) is 14.9 Å². The standard InChI is InChI=1S/C32H37F3N4OS/c1-20-23(19-40-27-12-8-24(9-13-27)32(33,34)35)16-25(36-3)17-29(20)22-6-10-26(11-7-22)39(5)41-28-14-15-31-30(18-28)37-21(2)38(31)4/h6-15,18,20,23,25,29,36H,16-17,19H2,1-5H3/t20-,23?,25+,29?/m0/s1. The van der Waals surface area contributed by atoms with Crippen molar-refractivity contribution in [3.05, 3.63) is 83.7 Å². The summed E-state index contributed by atoms with van der Waals surface area (Å²) in [6, 6.07) is 20.5. The predicted molar refractivity (Wildman–Crippen MR) is 161 cm³/mol. The van der Waals surface area contributed by atoms with E-state index in [-0.39, 0.29) is 5.92 Å². The molecule has 1 saturated carbocycles. The third-order valence-electron chi connectivity index (χ3n) is 8.56. The Morgan fingerprint density at radius 2 is 1.76 bits per heavy atom. The van der Waals surface area contributed by atoms with Crippen molar-refractivity contribution < 1.29 is 17.9 Å². The van der Waals surface area contributed by atoms with Gasteiger partial charge in [0.15, 0.2) is 0 Å². The fourth-order valence-corrected chi connectivity index (χ4v) is 6.70. The molecule has 2 unspecified atom stereocenters. The minimum atomic E-state index is -4.35. The molecule has 5 nitrogen and oxygen atoms in total. The Kier molecular flexibility index (Phi) is 8.57. The van der Waals surface area contributed by atoms with Gasteiger partial charge in [-0.25, -0.2) is 4.98 Å². The number of nitrogens with zero attached hydrogens (tertiary/aromatic N) is 3. The molecule has 0 amide bonds. The number of halogens is 3. The Morgan fingerprint density at radius 3 is 2.41 bits per heavy atom. The molecule has 0 bridgehead atoms. The van der Waals surface area contributed by atoms with Gasteiger partial charge in [0.1, 0.15) is 11.6 Å². The molecule has 0 radical (unpaired) electrons. The number of anilines is 1. The summed E-state index contributed by atoms with van der Waals surface area (Å²) in [7, 11) is 6.10. The fourth-order valence-electron chi connectivity index (χ4n) is 5.86. The van der Waals surface area contributed by atoms with Crippen LogP contribution in [0.25, 0.3) is 11.0 Å². The second-order valence-corrected chi connectivity index (χ2v) is 12.3. The molecule has 4 aromatic rings. The van der Waals surface area contributed by atoms with E-state index in [1.165, 1.54) is 17.7 Å². The van der Waals surface area contributed by atoms with Gasteiger partial charge in [-0.3, -0.25) is 0 Å². The highest BCUT2D eigenvalue weighted by Gasteiger charge is 2.36. The van der Waals surface area contributed by atoms with Crippen LogP contribution in [0.15, 0.2) is 71.6 Å². The van der Waals surface area contributed by atoms with Crippen LogP contribution < -0.4 is 14.4 Å². The highest BCUT2D eigenvalue weighted by Crippen LogP contribution is 2.42. The molecular formula is C32H37F3N4OS. The highest BCUT2D eigenvalue weighted by atomic mass is 32.2. The Balaban J connectivity index is 1.24. The van der Waals surface area contributed by atoms with Crippen molar-refractivity contribution in [3.8, 4) is 5.75 Å². The first kappa shape index (κ1) is 29.3. The second-order valence-electron chi connectivity index (χ2n) is 11.1. The fraction of sp³-hybridized carbons (Fsp3) is 0.406. The first-order chi connectivity index (χ1) is 19.5. The topological polar surface area (TPSA) is 42.3 Å². The van der Waals surface area contributed by atoms with Crippen LogP contribution >= 0.6 is 11.9 Å². The van der Waals surface area contributed by atoms with Gasteiger partial charge in [-0.05, 0) is 117 Å². The van der Waals surface area contributed by atoms with Crippen molar-refractivity contribution in [1.29, 1.82) is 0 Å². The van der Waals surface area contributed by atoms with Gasteiger partial charge < -0.3 is 18.9 Å². The quantitative estimate of drug-likeness (QED) is 0.215. The summed E-state index contributed by atoms with van der Waals surface area (Å²) in [6.45, 7) is 4.75. The summed E-state index contributed by atoms with van der Waals surface area (Å²) in [6.07, 6.45) is -2.35. The SMILES string of the molecule is CN[C@@H]1CC(COc2ccc(C(F)(F)F)cc2)[C@H](C)C(c2ccc(N(C)Sc3ccc4c(c3)nc(C)n4C)cc2)C1. The number of rotatable bonds is 8. The number of aromatic nitrogens is 2. The number of nitrogens with one attached hydrogen (secondary N) is 1. The maximum atomic E-state index is 12.9. The molecule has 1 aromatic heterocycles. The van der Waals surface area contributed by atoms with Crippen LogP contribution in [0.1, 0.15) is 42.6 Å². The monoisotopic (exact) mass is 582 g/mol. The lowest BCUT2D eigenvalue weighted by Crippen LogP contribution is -2.41. The Labute approximate surface area is 244 Å². The van der Waals surface area contributed by atoms with Crippen LogP contribution in [0.4, 0.5) is 18.9 Å². The van der Waals surface area contributed by atoms with Gasteiger partial charge in [0.05, 0.1) is 23.2 Å². The number of ether oxygens (including phenoxy) is 1. The van der Waals surface area contributed by atoms with E-state index in [1.54, 1.807) is 11.9 Å². The van der Waals surface area contributed by atoms with E-state index in [4.69, 9.17) is 4.74 Å². The first-order valence-electron chi connectivity index (χ1n) is 14.0. The van der Waals surface area contributed by atoms with Crippen molar-refractivity contribution in [2.75, 3.05) is 25.0 Å². The van der Waals surface area contributed by atoms with Crippen molar-refractivity contribution in [2.45, 2.75) is 49.7 Å². The molecule has 3 aromatic carbocycles. The molecule has 0 saturated heterocycles. The van der Waals surface area contributed by atoms with Gasteiger partial charge in [0.2, 0.25) is 0 Å². The summed E-state index contributed by atoms with van der Waals surface area (Å²) in [4.78, 5) is 5.80. The van der Waals surface area contributed by atoms with Gasteiger partial charge >= 0.3 is 6.18 Å². The highest BCUT2D eigenvalue weighted by molar-refractivity contribution is 8.00. The van der Waals surface area contributed by atoms with Gasteiger partial charge in [-0.2, -0.15) is 13.2 Å². The molecule has 41 heavy (non-hydrogen) atoms. The maximum absolute atomic E-state index is 12.9. The Hall–Kier alpha value is -3.17. The van der Waals surface area contributed by atoms with Crippen LogP contribution in [0.5, 0.6) is 5.75 Å². The largest absolute Gasteiger partial charge is 0.493 e. The summed E-state index contributed by atoms with van der Waals surface area (Å²) in [5.41, 5.74) is 3.88. The van der Waals surface area contributed by atoms with Crippen LogP contribution in [-0.4, -0.2) is 36.3 Å². The second kappa shape index (κ2) is 12.0. The molecule has 218 valence electrons. The lowest BCUT2D eigenvalue weighted by atomic mass is 9.68. The van der Waals surface area contributed by atoms with E-state index in [2.05, 4.69) is 75.6 Å². The van der Waals surface area contributed by atoms with E-state index in [1.807, 2.05) is 21.0 Å². The number of hydrogen-bond acceptors (Lipinski definition) is 5. The third-order valence-corrected chi connectivity index (χ3v) is 9.51. The Bertz CT molecular complexity index is 1470. The number of fused-ring (bicyclic) bond motifs is 1. The molecule has 1 heterocycles. The third kappa shape index (κ3) is 6.51. The van der Waals surface area contributed by atoms with Crippen molar-refractivity contribution >= 4 is 28.7 Å². The number of hydrogen-bond donors (Lipinski definition) is 1. The van der Waals surface area contributed by atoms with Gasteiger partial charge in [0.25, 0.3) is 0 Å². The molecule has 1 N–H and O–H groups in total. The van der Waals surface area contributed by atoms with Gasteiger partial charge in [-0.15, -0.1) is 0 Å². The number of aryl methyl sites for hydroxylation is 2. The summed E-state index contributed by atoms with van der Waals surface area (Å²) in [5, 5.41) is 3.45. The lowest BCUT2D eigenvalue weighted by Gasteiger charge is -2.40. The average Bonchev–Trinajstić information content (AvgIpc) is 3.24. The molecule has 9 heteroatoms. The number of alkyl halides is 3. The molecule has 4 atom stereocenters. The summed E-state index contributed by atoms with van der Waals surface area (Å²) < 4.78 is 49.0. The molecule has 1 aliphatic rings. The van der Waals surface area contributed by atoms with E-state index in [9.17, 15) is 13.2 Å². The molecule has 1 fully saturated rings. The zero-order valence-corrected chi connectivity index (χ0v) is 24.9. The minimum Gasteiger partial charge on any atom is -0.493 e. The van der Waals surface area contributed by atoms with Gasteiger partial charge in [0, 0.05) is 30.7 Å². The van der Waals surface area contributed by atoms with Crippen molar-refractivity contribution in [2.24, 2.45) is 18.9 Å². The lowest BCUT2D eigenvalue weighted by molar-refractivity contribution is -0.137. The molecule has 0 spiro atoms. The van der Waals surface area contributed by atoms with Crippen LogP contribution in [0, 0.1) is 18.8 Å². The zero-order chi connectivity index (χ0) is 29.3. The van der Waals surface area contributed by atoms with E-state index >= 15 is 0 Å². The normalized spacial score (nSPS) is 21.3. The summed E-state index contributed by atoms with van der Waals surface area (Å²) >= 11 is 1.67. The van der Waals surface area contributed by atoms with Gasteiger partial charge in [-0.1, -0.05) is 19.1 Å². The van der Waals surface area contributed by atoms with Crippen LogP contribution in [0.3, 0.4) is 0 Å². The number of imidazole rings is 1. The van der Waals surface area contributed by atoms with Crippen molar-refractivity contribution in [3.63, 3.8) is 0 Å². The maximum Gasteiger partial charge on any atom is 0.416 e. The molecule has 5 rings (SSSR count). The van der Waals surface area contributed by atoms with Crippen LogP contribution in [0.2, 0.25) is 0 Å². The van der Waals surface area contributed by atoms with E-state index < -0.39 is 11.7 Å².